The highest BCUT2D eigenvalue weighted by molar-refractivity contribution is 7.13. The monoisotopic (exact) mass is 264 g/mol. The maximum absolute atomic E-state index is 4.78. The largest absolute Gasteiger partial charge is 0.326 e. The average Bonchev–Trinajstić information content (AvgIpc) is 3.06. The molecule has 0 bridgehead atoms. The molecule has 92 valence electrons. The SMILES string of the molecule is Cn1c(-c2cccs2)nc2ccc3ccccc3c21. The third-order valence-corrected chi connectivity index (χ3v) is 4.37. The average molecular weight is 264 g/mol. The molecule has 4 aromatic rings. The van der Waals surface area contributed by atoms with Crippen LogP contribution in [0.5, 0.6) is 0 Å². The second-order valence-corrected chi connectivity index (χ2v) is 5.57. The van der Waals surface area contributed by atoms with Crippen molar-refractivity contribution in [3.63, 3.8) is 0 Å². The summed E-state index contributed by atoms with van der Waals surface area (Å²) in [6.45, 7) is 0. The van der Waals surface area contributed by atoms with Gasteiger partial charge in [0.25, 0.3) is 0 Å². The fourth-order valence-electron chi connectivity index (χ4n) is 2.61. The number of thiophene rings is 1. The van der Waals surface area contributed by atoms with Crippen molar-refractivity contribution in [1.29, 1.82) is 0 Å². The summed E-state index contributed by atoms with van der Waals surface area (Å²) in [6, 6.07) is 16.9. The first-order valence-electron chi connectivity index (χ1n) is 6.22. The predicted octanol–water partition coefficient (Wildman–Crippen LogP) is 4.46. The lowest BCUT2D eigenvalue weighted by Gasteiger charge is -2.03. The molecule has 0 radical (unpaired) electrons. The summed E-state index contributed by atoms with van der Waals surface area (Å²) in [7, 11) is 2.09. The van der Waals surface area contributed by atoms with E-state index in [0.717, 1.165) is 11.3 Å². The number of aryl methyl sites for hydroxylation is 1. The van der Waals surface area contributed by atoms with E-state index in [4.69, 9.17) is 4.98 Å². The minimum atomic E-state index is 1.04. The van der Waals surface area contributed by atoms with Gasteiger partial charge in [0.2, 0.25) is 0 Å². The summed E-state index contributed by atoms with van der Waals surface area (Å²) in [5.74, 6) is 1.04. The van der Waals surface area contributed by atoms with E-state index in [2.05, 4.69) is 65.5 Å². The van der Waals surface area contributed by atoms with Crippen molar-refractivity contribution in [2.45, 2.75) is 0 Å². The Morgan fingerprint density at radius 3 is 2.74 bits per heavy atom. The molecular formula is C16H12N2S. The molecule has 0 N–H and O–H groups in total. The van der Waals surface area contributed by atoms with Crippen LogP contribution in [0.3, 0.4) is 0 Å². The molecule has 0 amide bonds. The molecule has 0 saturated carbocycles. The highest BCUT2D eigenvalue weighted by Crippen LogP contribution is 2.31. The van der Waals surface area contributed by atoms with Gasteiger partial charge in [0, 0.05) is 12.4 Å². The lowest BCUT2D eigenvalue weighted by molar-refractivity contribution is 0.966. The molecule has 19 heavy (non-hydrogen) atoms. The summed E-state index contributed by atoms with van der Waals surface area (Å²) in [5, 5.41) is 4.61. The maximum Gasteiger partial charge on any atom is 0.150 e. The van der Waals surface area contributed by atoms with Crippen molar-refractivity contribution in [3.05, 3.63) is 53.9 Å². The fraction of sp³-hybridized carbons (Fsp3) is 0.0625. The first-order chi connectivity index (χ1) is 9.34. The number of hydrogen-bond donors (Lipinski definition) is 0. The molecule has 0 aliphatic carbocycles. The molecule has 0 fully saturated rings. The molecule has 2 aromatic heterocycles. The first kappa shape index (κ1) is 10.8. The Bertz CT molecular complexity index is 872. The van der Waals surface area contributed by atoms with E-state index in [9.17, 15) is 0 Å². The Balaban J connectivity index is 2.15. The molecule has 0 atom stereocenters. The summed E-state index contributed by atoms with van der Waals surface area (Å²) in [6.07, 6.45) is 0. The standard InChI is InChI=1S/C16H12N2S/c1-18-15-12-6-3-2-5-11(12)8-9-13(15)17-16(18)14-7-4-10-19-14/h2-10H,1H3. The number of rotatable bonds is 1. The molecule has 0 unspecified atom stereocenters. The van der Waals surface area contributed by atoms with Gasteiger partial charge in [0.15, 0.2) is 5.82 Å². The van der Waals surface area contributed by atoms with Crippen molar-refractivity contribution in [3.8, 4) is 10.7 Å². The third-order valence-electron chi connectivity index (χ3n) is 3.50. The van der Waals surface area contributed by atoms with E-state index < -0.39 is 0 Å². The lowest BCUT2D eigenvalue weighted by Crippen LogP contribution is -1.91. The lowest BCUT2D eigenvalue weighted by atomic mass is 10.1. The Hall–Kier alpha value is -2.13. The summed E-state index contributed by atoms with van der Waals surface area (Å²) in [4.78, 5) is 5.99. The highest BCUT2D eigenvalue weighted by atomic mass is 32.1. The zero-order chi connectivity index (χ0) is 12.8. The number of imidazole rings is 1. The minimum Gasteiger partial charge on any atom is -0.326 e. The van der Waals surface area contributed by atoms with E-state index >= 15 is 0 Å². The van der Waals surface area contributed by atoms with Crippen LogP contribution in [0.2, 0.25) is 0 Å². The van der Waals surface area contributed by atoms with Crippen LogP contribution in [0, 0.1) is 0 Å². The van der Waals surface area contributed by atoms with Gasteiger partial charge < -0.3 is 4.57 Å². The molecule has 0 aliphatic heterocycles. The summed E-state index contributed by atoms with van der Waals surface area (Å²) < 4.78 is 2.20. The first-order valence-corrected chi connectivity index (χ1v) is 7.10. The molecule has 3 heteroatoms. The van der Waals surface area contributed by atoms with Crippen LogP contribution in [-0.2, 0) is 7.05 Å². The molecule has 0 spiro atoms. The van der Waals surface area contributed by atoms with Gasteiger partial charge in [-0.3, -0.25) is 0 Å². The van der Waals surface area contributed by atoms with E-state index in [-0.39, 0.29) is 0 Å². The van der Waals surface area contributed by atoms with Crippen LogP contribution in [0.1, 0.15) is 0 Å². The Morgan fingerprint density at radius 2 is 1.89 bits per heavy atom. The van der Waals surface area contributed by atoms with Crippen LogP contribution >= 0.6 is 11.3 Å². The fourth-order valence-corrected chi connectivity index (χ4v) is 3.36. The maximum atomic E-state index is 4.78. The van der Waals surface area contributed by atoms with E-state index in [1.54, 1.807) is 11.3 Å². The number of benzene rings is 2. The highest BCUT2D eigenvalue weighted by Gasteiger charge is 2.12. The molecule has 4 rings (SSSR count). The summed E-state index contributed by atoms with van der Waals surface area (Å²) >= 11 is 1.73. The normalized spacial score (nSPS) is 11.4. The van der Waals surface area contributed by atoms with Crippen molar-refractivity contribution in [2.75, 3.05) is 0 Å². The number of aromatic nitrogens is 2. The van der Waals surface area contributed by atoms with Crippen molar-refractivity contribution in [2.24, 2.45) is 7.05 Å². The molecule has 2 heterocycles. The molecule has 2 nitrogen and oxygen atoms in total. The topological polar surface area (TPSA) is 17.8 Å². The second kappa shape index (κ2) is 3.93. The van der Waals surface area contributed by atoms with Crippen molar-refractivity contribution >= 4 is 33.1 Å². The number of fused-ring (bicyclic) bond motifs is 3. The van der Waals surface area contributed by atoms with Crippen LogP contribution < -0.4 is 0 Å². The smallest absolute Gasteiger partial charge is 0.150 e. The summed E-state index contributed by atoms with van der Waals surface area (Å²) in [5.41, 5.74) is 2.27. The van der Waals surface area contributed by atoms with Crippen LogP contribution in [-0.4, -0.2) is 9.55 Å². The van der Waals surface area contributed by atoms with Crippen LogP contribution in [0.15, 0.2) is 53.9 Å². The molecule has 0 aliphatic rings. The van der Waals surface area contributed by atoms with Gasteiger partial charge in [-0.1, -0.05) is 36.4 Å². The Labute approximate surface area is 114 Å². The van der Waals surface area contributed by atoms with E-state index in [1.165, 1.54) is 21.2 Å². The molecule has 2 aromatic carbocycles. The predicted molar refractivity (Wildman–Crippen MR) is 81.5 cm³/mol. The van der Waals surface area contributed by atoms with Crippen molar-refractivity contribution < 1.29 is 0 Å². The van der Waals surface area contributed by atoms with E-state index in [1.807, 2.05) is 0 Å². The van der Waals surface area contributed by atoms with Gasteiger partial charge >= 0.3 is 0 Å². The molecular weight excluding hydrogens is 252 g/mol. The Morgan fingerprint density at radius 1 is 1.00 bits per heavy atom. The van der Waals surface area contributed by atoms with Gasteiger partial charge in [0.05, 0.1) is 15.9 Å². The van der Waals surface area contributed by atoms with Crippen LogP contribution in [0.4, 0.5) is 0 Å². The number of hydrogen-bond acceptors (Lipinski definition) is 2. The van der Waals surface area contributed by atoms with Gasteiger partial charge in [-0.15, -0.1) is 11.3 Å². The molecule has 0 saturated heterocycles. The van der Waals surface area contributed by atoms with Gasteiger partial charge in [0.1, 0.15) is 0 Å². The van der Waals surface area contributed by atoms with Gasteiger partial charge in [-0.2, -0.15) is 0 Å². The van der Waals surface area contributed by atoms with E-state index in [0.29, 0.717) is 0 Å². The third kappa shape index (κ3) is 1.52. The zero-order valence-electron chi connectivity index (χ0n) is 10.5. The van der Waals surface area contributed by atoms with Gasteiger partial charge in [-0.25, -0.2) is 4.98 Å². The van der Waals surface area contributed by atoms with Gasteiger partial charge in [-0.05, 0) is 22.9 Å². The second-order valence-electron chi connectivity index (χ2n) is 4.63. The minimum absolute atomic E-state index is 1.04. The zero-order valence-corrected chi connectivity index (χ0v) is 11.3. The van der Waals surface area contributed by atoms with Crippen LogP contribution in [0.25, 0.3) is 32.5 Å². The van der Waals surface area contributed by atoms with Crippen molar-refractivity contribution in [1.82, 2.24) is 9.55 Å². The quantitative estimate of drug-likeness (QED) is 0.496. The Kier molecular flexibility index (Phi) is 2.23. The number of nitrogens with zero attached hydrogens (tertiary/aromatic N) is 2.